The highest BCUT2D eigenvalue weighted by Crippen LogP contribution is 2.28. The number of aldehydes is 1. The minimum absolute atomic E-state index is 0.143. The van der Waals surface area contributed by atoms with Gasteiger partial charge in [0.25, 0.3) is 0 Å². The smallest absolute Gasteiger partial charge is 0.217 e. The molecule has 0 bridgehead atoms. The van der Waals surface area contributed by atoms with Crippen LogP contribution in [0.2, 0.25) is 0 Å². The monoisotopic (exact) mass is 545 g/mol. The molecule has 0 spiro atoms. The molecule has 0 aromatic rings. The van der Waals surface area contributed by atoms with E-state index >= 15 is 0 Å². The van der Waals surface area contributed by atoms with Crippen LogP contribution >= 0.6 is 0 Å². The molecular formula is C20H35NO16. The molecule has 1 amide bonds. The number of nitrogens with one attached hydrogen (secondary N) is 1. The maximum atomic E-state index is 11.9. The van der Waals surface area contributed by atoms with Gasteiger partial charge in [0.1, 0.15) is 79.5 Å². The lowest BCUT2D eigenvalue weighted by Crippen LogP contribution is -2.65. The fraction of sp³-hybridized carbons (Fsp3) is 0.900. The second-order valence-electron chi connectivity index (χ2n) is 8.71. The second kappa shape index (κ2) is 14.1. The number of carbonyl (C=O) groups is 2. The number of carbonyl (C=O) groups excluding carboxylic acids is 2. The highest BCUT2D eigenvalue weighted by atomic mass is 16.7. The molecule has 2 heterocycles. The van der Waals surface area contributed by atoms with Gasteiger partial charge in [0, 0.05) is 6.92 Å². The zero-order valence-corrected chi connectivity index (χ0v) is 19.7. The molecule has 37 heavy (non-hydrogen) atoms. The van der Waals surface area contributed by atoms with Crippen LogP contribution in [0.15, 0.2) is 0 Å². The lowest BCUT2D eigenvalue weighted by molar-refractivity contribution is -0.348. The summed E-state index contributed by atoms with van der Waals surface area (Å²) in [5, 5.41) is 102. The summed E-state index contributed by atoms with van der Waals surface area (Å²) >= 11 is 0. The molecule has 14 atom stereocenters. The van der Waals surface area contributed by atoms with E-state index in [4.69, 9.17) is 18.9 Å². The zero-order chi connectivity index (χ0) is 28.0. The quantitative estimate of drug-likeness (QED) is 0.102. The van der Waals surface area contributed by atoms with Gasteiger partial charge in [-0.25, -0.2) is 0 Å². The van der Waals surface area contributed by atoms with E-state index in [1.54, 1.807) is 0 Å². The Morgan fingerprint density at radius 3 is 1.59 bits per heavy atom. The van der Waals surface area contributed by atoms with Crippen LogP contribution in [0.25, 0.3) is 0 Å². The zero-order valence-electron chi connectivity index (χ0n) is 19.7. The normalized spacial score (nSPS) is 39.9. The Kier molecular flexibility index (Phi) is 12.1. The van der Waals surface area contributed by atoms with Gasteiger partial charge in [-0.3, -0.25) is 4.79 Å². The van der Waals surface area contributed by atoms with Crippen molar-refractivity contribution in [1.29, 1.82) is 0 Å². The maximum absolute atomic E-state index is 11.9. The average Bonchev–Trinajstić information content (AvgIpc) is 2.88. The molecule has 0 aromatic heterocycles. The Bertz CT molecular complexity index is 726. The van der Waals surface area contributed by atoms with E-state index < -0.39 is 111 Å². The molecule has 2 saturated heterocycles. The minimum atomic E-state index is -1.98. The molecule has 2 fully saturated rings. The van der Waals surface area contributed by atoms with Gasteiger partial charge in [-0.2, -0.15) is 0 Å². The predicted molar refractivity (Wildman–Crippen MR) is 114 cm³/mol. The van der Waals surface area contributed by atoms with E-state index in [0.29, 0.717) is 0 Å². The summed E-state index contributed by atoms with van der Waals surface area (Å²) in [4.78, 5) is 23.6. The highest BCUT2D eigenvalue weighted by molar-refractivity contribution is 5.77. The number of rotatable bonds is 12. The molecular weight excluding hydrogens is 510 g/mol. The van der Waals surface area contributed by atoms with Crippen LogP contribution in [0.4, 0.5) is 0 Å². The average molecular weight is 545 g/mol. The number of hydrogen-bond donors (Lipinski definition) is 11. The van der Waals surface area contributed by atoms with Crippen LogP contribution in [0.3, 0.4) is 0 Å². The molecule has 0 saturated carbocycles. The Labute approximate surface area is 210 Å². The number of aliphatic hydroxyl groups excluding tert-OH is 10. The summed E-state index contributed by atoms with van der Waals surface area (Å²) in [6.07, 6.45) is -23.5. The van der Waals surface area contributed by atoms with E-state index in [2.05, 4.69) is 5.32 Å². The first-order valence-corrected chi connectivity index (χ1v) is 11.3. The van der Waals surface area contributed by atoms with E-state index in [-0.39, 0.29) is 6.29 Å². The highest BCUT2D eigenvalue weighted by Gasteiger charge is 2.50. The molecule has 0 aliphatic carbocycles. The lowest BCUT2D eigenvalue weighted by atomic mass is 9.97. The Morgan fingerprint density at radius 1 is 0.811 bits per heavy atom. The van der Waals surface area contributed by atoms with Gasteiger partial charge in [-0.1, -0.05) is 0 Å². The van der Waals surface area contributed by atoms with E-state index in [0.717, 1.165) is 6.92 Å². The molecule has 17 nitrogen and oxygen atoms in total. The molecule has 0 radical (unpaired) electrons. The van der Waals surface area contributed by atoms with Crippen molar-refractivity contribution >= 4 is 12.2 Å². The molecule has 216 valence electrons. The third kappa shape index (κ3) is 7.37. The second-order valence-corrected chi connectivity index (χ2v) is 8.71. The van der Waals surface area contributed by atoms with Gasteiger partial charge in [-0.15, -0.1) is 0 Å². The summed E-state index contributed by atoms with van der Waals surface area (Å²) in [5.74, 6) is -0.774. The van der Waals surface area contributed by atoms with Crippen LogP contribution in [0.5, 0.6) is 0 Å². The van der Waals surface area contributed by atoms with Crippen molar-refractivity contribution in [2.45, 2.75) is 92.7 Å². The summed E-state index contributed by atoms with van der Waals surface area (Å²) in [5.41, 5.74) is 0. The molecule has 2 aliphatic heterocycles. The van der Waals surface area contributed by atoms with Crippen molar-refractivity contribution in [3.05, 3.63) is 0 Å². The third-order valence-electron chi connectivity index (χ3n) is 6.04. The first kappa shape index (κ1) is 31.8. The summed E-state index contributed by atoms with van der Waals surface area (Å²) in [7, 11) is 0. The molecule has 2 aliphatic rings. The van der Waals surface area contributed by atoms with Crippen molar-refractivity contribution in [3.63, 3.8) is 0 Å². The van der Waals surface area contributed by atoms with E-state index in [9.17, 15) is 60.7 Å². The van der Waals surface area contributed by atoms with Crippen LogP contribution in [0, 0.1) is 0 Å². The standard InChI is InChI=1S/C20H35NO16/c1-6(26)21-7(2-22)17(36-19-15(32)13(30)11(28)9(4-24)34-19)18(8(27)3-23)37-20-16(33)14(31)12(29)10(5-25)35-20/h2,7-20,23-25,27-33H,3-5H2,1H3,(H,21,26). The van der Waals surface area contributed by atoms with E-state index in [1.165, 1.54) is 0 Å². The number of aliphatic hydroxyl groups is 10. The first-order valence-electron chi connectivity index (χ1n) is 11.3. The number of amides is 1. The molecule has 14 unspecified atom stereocenters. The Hall–Kier alpha value is -1.42. The largest absolute Gasteiger partial charge is 0.394 e. The van der Waals surface area contributed by atoms with Gasteiger partial charge in [-0.05, 0) is 0 Å². The lowest BCUT2D eigenvalue weighted by Gasteiger charge is -2.45. The fourth-order valence-corrected chi connectivity index (χ4v) is 3.96. The maximum Gasteiger partial charge on any atom is 0.217 e. The van der Waals surface area contributed by atoms with Crippen molar-refractivity contribution in [2.24, 2.45) is 0 Å². The summed E-state index contributed by atoms with van der Waals surface area (Å²) in [6, 6.07) is -1.69. The van der Waals surface area contributed by atoms with Crippen LogP contribution in [0.1, 0.15) is 6.92 Å². The summed E-state index contributed by atoms with van der Waals surface area (Å²) in [6.45, 7) is -1.69. The fourth-order valence-electron chi connectivity index (χ4n) is 3.96. The van der Waals surface area contributed by atoms with Gasteiger partial charge in [0.2, 0.25) is 5.91 Å². The number of ether oxygens (including phenoxy) is 4. The topological polar surface area (TPSA) is 285 Å². The number of hydrogen-bond acceptors (Lipinski definition) is 16. The molecule has 17 heteroatoms. The van der Waals surface area contributed by atoms with Gasteiger partial charge in [0.05, 0.1) is 19.8 Å². The van der Waals surface area contributed by atoms with Crippen LogP contribution in [-0.4, -0.2) is 169 Å². The van der Waals surface area contributed by atoms with Gasteiger partial charge in [0.15, 0.2) is 12.6 Å². The van der Waals surface area contributed by atoms with Crippen molar-refractivity contribution in [2.75, 3.05) is 19.8 Å². The molecule has 0 aromatic carbocycles. The Balaban J connectivity index is 2.43. The molecule has 11 N–H and O–H groups in total. The third-order valence-corrected chi connectivity index (χ3v) is 6.04. The SMILES string of the molecule is CC(=O)NC(C=O)C(OC1OC(CO)C(O)C(O)C1O)C(OC1OC(CO)C(O)C(O)C1O)C(O)CO. The van der Waals surface area contributed by atoms with Crippen LogP contribution < -0.4 is 5.32 Å². The van der Waals surface area contributed by atoms with Crippen LogP contribution in [-0.2, 0) is 28.5 Å². The molecule has 2 rings (SSSR count). The van der Waals surface area contributed by atoms with Gasteiger partial charge >= 0.3 is 0 Å². The van der Waals surface area contributed by atoms with Crippen molar-refractivity contribution in [1.82, 2.24) is 5.32 Å². The van der Waals surface area contributed by atoms with Crippen molar-refractivity contribution < 1.29 is 79.6 Å². The van der Waals surface area contributed by atoms with Crippen molar-refractivity contribution in [3.8, 4) is 0 Å². The minimum Gasteiger partial charge on any atom is -0.394 e. The predicted octanol–water partition coefficient (Wildman–Crippen LogP) is -7.59. The van der Waals surface area contributed by atoms with E-state index in [1.807, 2.05) is 0 Å². The van der Waals surface area contributed by atoms with Gasteiger partial charge < -0.3 is 80.1 Å². The Morgan fingerprint density at radius 2 is 1.24 bits per heavy atom. The first-order chi connectivity index (χ1) is 17.4. The summed E-state index contributed by atoms with van der Waals surface area (Å²) < 4.78 is 21.6.